The maximum absolute atomic E-state index is 10.1. The Morgan fingerprint density at radius 2 is 1.94 bits per heavy atom. The van der Waals surface area contributed by atoms with Crippen LogP contribution in [0.25, 0.3) is 0 Å². The van der Waals surface area contributed by atoms with Crippen molar-refractivity contribution in [3.8, 4) is 10.8 Å². The summed E-state index contributed by atoms with van der Waals surface area (Å²) in [6.45, 7) is 3.96. The van der Waals surface area contributed by atoms with E-state index in [1.54, 1.807) is 20.3 Å². The van der Waals surface area contributed by atoms with Gasteiger partial charge < -0.3 is 20.3 Å². The van der Waals surface area contributed by atoms with Crippen LogP contribution in [0.1, 0.15) is 24.8 Å². The van der Waals surface area contributed by atoms with Gasteiger partial charge in [-0.1, -0.05) is 25.2 Å². The molecule has 92 valence electrons. The van der Waals surface area contributed by atoms with Crippen molar-refractivity contribution in [1.29, 1.82) is 0 Å². The molecule has 0 spiro atoms. The molecule has 2 atom stereocenters. The van der Waals surface area contributed by atoms with Gasteiger partial charge in [0.1, 0.15) is 6.10 Å². The van der Waals surface area contributed by atoms with Gasteiger partial charge in [-0.3, -0.25) is 0 Å². The number of aliphatic hydroxyl groups excluding tert-OH is 1. The number of nitrogens with two attached hydrogens (primary N) is 1. The van der Waals surface area contributed by atoms with Crippen LogP contribution in [0.2, 0.25) is 0 Å². The van der Waals surface area contributed by atoms with E-state index in [9.17, 15) is 5.11 Å². The number of thiophene rings is 1. The summed E-state index contributed by atoms with van der Waals surface area (Å²) in [7, 11) is 3.15. The first kappa shape index (κ1) is 13.3. The van der Waals surface area contributed by atoms with Gasteiger partial charge in [0.25, 0.3) is 0 Å². The van der Waals surface area contributed by atoms with Gasteiger partial charge in [0.05, 0.1) is 14.2 Å². The number of hydrogen-bond acceptors (Lipinski definition) is 5. The van der Waals surface area contributed by atoms with Crippen molar-refractivity contribution in [2.45, 2.75) is 26.0 Å². The van der Waals surface area contributed by atoms with Crippen LogP contribution in [-0.4, -0.2) is 25.4 Å². The van der Waals surface area contributed by atoms with Gasteiger partial charge in [-0.25, -0.2) is 0 Å². The van der Waals surface area contributed by atoms with Crippen molar-refractivity contribution in [1.82, 2.24) is 0 Å². The first-order chi connectivity index (χ1) is 7.51. The molecular weight excluding hydrogens is 226 g/mol. The van der Waals surface area contributed by atoms with E-state index in [1.807, 2.05) is 13.8 Å². The third kappa shape index (κ3) is 2.66. The lowest BCUT2D eigenvalue weighted by Crippen LogP contribution is -2.33. The predicted molar refractivity (Wildman–Crippen MR) is 65.2 cm³/mol. The van der Waals surface area contributed by atoms with Crippen molar-refractivity contribution in [2.75, 3.05) is 14.2 Å². The molecule has 0 radical (unpaired) electrons. The maximum Gasteiger partial charge on any atom is 0.217 e. The van der Waals surface area contributed by atoms with E-state index < -0.39 is 6.10 Å². The second-order valence-electron chi connectivity index (χ2n) is 3.97. The Morgan fingerprint density at radius 3 is 2.31 bits per heavy atom. The first-order valence-corrected chi connectivity index (χ1v) is 5.98. The fourth-order valence-electron chi connectivity index (χ4n) is 1.36. The minimum atomic E-state index is -0.678. The quantitative estimate of drug-likeness (QED) is 0.830. The van der Waals surface area contributed by atoms with Gasteiger partial charge >= 0.3 is 0 Å². The Bertz CT molecular complexity index is 316. The molecule has 1 heterocycles. The standard InChI is InChI=1S/C11H19NO3S/c1-6(2)9(12)10(13)8-5-7(14-3)11(15-4)16-8/h5-6,9-10,13H,12H2,1-4H3. The summed E-state index contributed by atoms with van der Waals surface area (Å²) in [4.78, 5) is 0.773. The zero-order valence-corrected chi connectivity index (χ0v) is 10.9. The Hall–Kier alpha value is -0.780. The molecule has 4 nitrogen and oxygen atoms in total. The molecule has 0 amide bonds. The molecule has 5 heteroatoms. The van der Waals surface area contributed by atoms with Crippen LogP contribution in [0.15, 0.2) is 6.07 Å². The minimum Gasteiger partial charge on any atom is -0.492 e. The van der Waals surface area contributed by atoms with Gasteiger partial charge in [0, 0.05) is 17.0 Å². The molecule has 0 aromatic carbocycles. The third-order valence-electron chi connectivity index (χ3n) is 2.52. The minimum absolute atomic E-state index is 0.217. The number of ether oxygens (including phenoxy) is 2. The van der Waals surface area contributed by atoms with Crippen molar-refractivity contribution in [2.24, 2.45) is 11.7 Å². The monoisotopic (exact) mass is 245 g/mol. The van der Waals surface area contributed by atoms with E-state index >= 15 is 0 Å². The van der Waals surface area contributed by atoms with Crippen LogP contribution in [-0.2, 0) is 0 Å². The molecular formula is C11H19NO3S. The lowest BCUT2D eigenvalue weighted by atomic mass is 9.99. The van der Waals surface area contributed by atoms with Gasteiger partial charge in [-0.2, -0.15) is 0 Å². The van der Waals surface area contributed by atoms with Crippen LogP contribution in [0.3, 0.4) is 0 Å². The third-order valence-corrected chi connectivity index (χ3v) is 3.66. The Kier molecular flexibility index (Phi) is 4.58. The molecule has 1 aromatic heterocycles. The molecule has 0 aliphatic rings. The summed E-state index contributed by atoms with van der Waals surface area (Å²) in [6.07, 6.45) is -0.678. The molecule has 0 aliphatic carbocycles. The highest BCUT2D eigenvalue weighted by Crippen LogP contribution is 2.40. The van der Waals surface area contributed by atoms with E-state index in [-0.39, 0.29) is 12.0 Å². The predicted octanol–water partition coefficient (Wildman–Crippen LogP) is 1.78. The number of hydrogen-bond donors (Lipinski definition) is 2. The van der Waals surface area contributed by atoms with Crippen LogP contribution >= 0.6 is 11.3 Å². The zero-order chi connectivity index (χ0) is 12.3. The van der Waals surface area contributed by atoms with Crippen molar-refractivity contribution in [3.05, 3.63) is 10.9 Å². The molecule has 0 saturated heterocycles. The number of rotatable bonds is 5. The molecule has 0 fully saturated rings. The summed E-state index contributed by atoms with van der Waals surface area (Å²) >= 11 is 1.36. The average Bonchev–Trinajstić information content (AvgIpc) is 2.69. The van der Waals surface area contributed by atoms with Crippen LogP contribution < -0.4 is 15.2 Å². The molecule has 16 heavy (non-hydrogen) atoms. The number of methoxy groups -OCH3 is 2. The molecule has 2 unspecified atom stereocenters. The molecule has 0 saturated carbocycles. The van der Waals surface area contributed by atoms with Gasteiger partial charge in [-0.05, 0) is 5.92 Å². The van der Waals surface area contributed by atoms with Crippen LogP contribution in [0, 0.1) is 5.92 Å². The van der Waals surface area contributed by atoms with Gasteiger partial charge in [-0.15, -0.1) is 0 Å². The Balaban J connectivity index is 2.91. The summed E-state index contributed by atoms with van der Waals surface area (Å²) in [6, 6.07) is 1.49. The Labute approximate surface area is 100.0 Å². The molecule has 1 rings (SSSR count). The second-order valence-corrected chi connectivity index (χ2v) is 5.02. The summed E-state index contributed by atoms with van der Waals surface area (Å²) in [5.41, 5.74) is 5.91. The zero-order valence-electron chi connectivity index (χ0n) is 10.1. The van der Waals surface area contributed by atoms with E-state index in [0.29, 0.717) is 10.8 Å². The van der Waals surface area contributed by atoms with Crippen LogP contribution in [0.5, 0.6) is 10.8 Å². The largest absolute Gasteiger partial charge is 0.492 e. The highest BCUT2D eigenvalue weighted by atomic mass is 32.1. The lowest BCUT2D eigenvalue weighted by molar-refractivity contribution is 0.129. The van der Waals surface area contributed by atoms with E-state index in [1.165, 1.54) is 11.3 Å². The fourth-order valence-corrected chi connectivity index (χ4v) is 2.34. The van der Waals surface area contributed by atoms with E-state index in [4.69, 9.17) is 15.2 Å². The van der Waals surface area contributed by atoms with E-state index in [0.717, 1.165) is 4.88 Å². The topological polar surface area (TPSA) is 64.7 Å². The van der Waals surface area contributed by atoms with Crippen molar-refractivity contribution >= 4 is 11.3 Å². The Morgan fingerprint density at radius 1 is 1.31 bits per heavy atom. The van der Waals surface area contributed by atoms with Gasteiger partial charge in [0.15, 0.2) is 5.75 Å². The molecule has 1 aromatic rings. The highest BCUT2D eigenvalue weighted by Gasteiger charge is 2.24. The second kappa shape index (κ2) is 5.52. The normalized spacial score (nSPS) is 14.9. The average molecular weight is 245 g/mol. The smallest absolute Gasteiger partial charge is 0.217 e. The maximum atomic E-state index is 10.1. The molecule has 3 N–H and O–H groups in total. The fraction of sp³-hybridized carbons (Fsp3) is 0.636. The summed E-state index contributed by atoms with van der Waals surface area (Å²) in [5, 5.41) is 10.7. The molecule has 0 aliphatic heterocycles. The highest BCUT2D eigenvalue weighted by molar-refractivity contribution is 7.14. The molecule has 0 bridgehead atoms. The lowest BCUT2D eigenvalue weighted by Gasteiger charge is -2.20. The van der Waals surface area contributed by atoms with Crippen LogP contribution in [0.4, 0.5) is 0 Å². The summed E-state index contributed by atoms with van der Waals surface area (Å²) in [5.74, 6) is 0.853. The summed E-state index contributed by atoms with van der Waals surface area (Å²) < 4.78 is 10.3. The SMILES string of the molecule is COc1cc(C(O)C(N)C(C)C)sc1OC. The first-order valence-electron chi connectivity index (χ1n) is 5.16. The number of aliphatic hydroxyl groups is 1. The van der Waals surface area contributed by atoms with Gasteiger partial charge in [0.2, 0.25) is 5.06 Å². The van der Waals surface area contributed by atoms with E-state index in [2.05, 4.69) is 0 Å². The van der Waals surface area contributed by atoms with Crippen molar-refractivity contribution < 1.29 is 14.6 Å². The van der Waals surface area contributed by atoms with Crippen molar-refractivity contribution in [3.63, 3.8) is 0 Å².